The molecule has 3 heterocycles. The SMILES string of the molecule is Cl.Cl.O=C1COc2cccnc2N1C(CN1CCCCC1)c1ccccc1. The molecule has 1 fully saturated rings. The number of fused-ring (bicyclic) bond motifs is 1. The average molecular weight is 410 g/mol. The van der Waals surface area contributed by atoms with E-state index in [9.17, 15) is 4.79 Å². The molecule has 0 N–H and O–H groups in total. The molecule has 7 heteroatoms. The van der Waals surface area contributed by atoms with Crippen molar-refractivity contribution in [1.29, 1.82) is 0 Å². The molecular weight excluding hydrogens is 385 g/mol. The lowest BCUT2D eigenvalue weighted by molar-refractivity contribution is -0.122. The summed E-state index contributed by atoms with van der Waals surface area (Å²) in [6.45, 7) is 3.08. The summed E-state index contributed by atoms with van der Waals surface area (Å²) in [5, 5.41) is 0. The van der Waals surface area contributed by atoms with Crippen LogP contribution in [-0.4, -0.2) is 42.0 Å². The van der Waals surface area contributed by atoms with Crippen LogP contribution in [0.5, 0.6) is 5.75 Å². The lowest BCUT2D eigenvalue weighted by atomic mass is 10.0. The third-order valence-electron chi connectivity index (χ3n) is 4.97. The number of carbonyl (C=O) groups is 1. The van der Waals surface area contributed by atoms with Gasteiger partial charge < -0.3 is 9.64 Å². The van der Waals surface area contributed by atoms with E-state index in [1.807, 2.05) is 35.2 Å². The summed E-state index contributed by atoms with van der Waals surface area (Å²) >= 11 is 0. The molecule has 1 unspecified atom stereocenters. The van der Waals surface area contributed by atoms with Gasteiger partial charge in [0.1, 0.15) is 0 Å². The van der Waals surface area contributed by atoms with E-state index in [1.54, 1.807) is 6.20 Å². The third kappa shape index (κ3) is 4.72. The minimum atomic E-state index is -0.0515. The normalized spacial score (nSPS) is 17.8. The Morgan fingerprint density at radius 1 is 1.00 bits per heavy atom. The van der Waals surface area contributed by atoms with Crippen LogP contribution in [0.3, 0.4) is 0 Å². The first-order valence-electron chi connectivity index (χ1n) is 9.00. The van der Waals surface area contributed by atoms with Crippen LogP contribution < -0.4 is 9.64 Å². The summed E-state index contributed by atoms with van der Waals surface area (Å²) in [6.07, 6.45) is 5.48. The van der Waals surface area contributed by atoms with Gasteiger partial charge in [0.25, 0.3) is 5.91 Å². The van der Waals surface area contributed by atoms with Gasteiger partial charge in [0.2, 0.25) is 0 Å². The van der Waals surface area contributed by atoms with Crippen LogP contribution in [0.15, 0.2) is 48.7 Å². The Hall–Kier alpha value is -1.82. The van der Waals surface area contributed by atoms with E-state index in [-0.39, 0.29) is 43.4 Å². The molecule has 2 aromatic rings. The summed E-state index contributed by atoms with van der Waals surface area (Å²) < 4.78 is 5.57. The summed E-state index contributed by atoms with van der Waals surface area (Å²) in [6, 6.07) is 13.9. The fourth-order valence-corrected chi connectivity index (χ4v) is 3.72. The molecule has 146 valence electrons. The Labute approximate surface area is 172 Å². The number of pyridine rings is 1. The summed E-state index contributed by atoms with van der Waals surface area (Å²) in [5.74, 6) is 1.28. The van der Waals surface area contributed by atoms with Gasteiger partial charge in [-0.1, -0.05) is 36.8 Å². The standard InChI is InChI=1S/C20H23N3O2.2ClH/c24-19-15-25-18-10-7-11-21-20(18)23(19)17(16-8-3-1-4-9-16)14-22-12-5-2-6-13-22;;/h1,3-4,7-11,17H,2,5-6,12-15H2;2*1H. The van der Waals surface area contributed by atoms with E-state index < -0.39 is 0 Å². The number of hydrogen-bond donors (Lipinski definition) is 0. The zero-order valence-corrected chi connectivity index (χ0v) is 16.8. The summed E-state index contributed by atoms with van der Waals surface area (Å²) in [4.78, 5) is 21.5. The number of benzene rings is 1. The van der Waals surface area contributed by atoms with E-state index in [1.165, 1.54) is 19.3 Å². The number of piperidine rings is 1. The Morgan fingerprint density at radius 2 is 1.74 bits per heavy atom. The van der Waals surface area contributed by atoms with Gasteiger partial charge >= 0.3 is 0 Å². The highest BCUT2D eigenvalue weighted by Crippen LogP contribution is 2.36. The van der Waals surface area contributed by atoms with Crippen LogP contribution in [0.1, 0.15) is 30.9 Å². The zero-order valence-electron chi connectivity index (χ0n) is 15.1. The predicted molar refractivity (Wildman–Crippen MR) is 111 cm³/mol. The number of likely N-dealkylation sites (tertiary alicyclic amines) is 1. The monoisotopic (exact) mass is 409 g/mol. The topological polar surface area (TPSA) is 45.7 Å². The Kier molecular flexibility index (Phi) is 7.90. The molecule has 0 saturated carbocycles. The minimum Gasteiger partial charge on any atom is -0.480 e. The first-order valence-corrected chi connectivity index (χ1v) is 9.00. The molecule has 1 aromatic carbocycles. The number of nitrogens with zero attached hydrogens (tertiary/aromatic N) is 3. The van der Waals surface area contributed by atoms with Crippen molar-refractivity contribution in [2.45, 2.75) is 25.3 Å². The number of anilines is 1. The highest BCUT2D eigenvalue weighted by Gasteiger charge is 2.34. The van der Waals surface area contributed by atoms with Crippen molar-refractivity contribution >= 4 is 36.5 Å². The number of carbonyl (C=O) groups excluding carboxylic acids is 1. The molecule has 2 aliphatic heterocycles. The third-order valence-corrected chi connectivity index (χ3v) is 4.97. The molecular formula is C20H25Cl2N3O2. The number of rotatable bonds is 4. The Balaban J connectivity index is 0.00000131. The molecule has 0 spiro atoms. The fraction of sp³-hybridized carbons (Fsp3) is 0.400. The van der Waals surface area contributed by atoms with Crippen molar-refractivity contribution in [1.82, 2.24) is 9.88 Å². The van der Waals surface area contributed by atoms with Crippen molar-refractivity contribution in [3.63, 3.8) is 0 Å². The molecule has 1 aromatic heterocycles. The van der Waals surface area contributed by atoms with E-state index in [4.69, 9.17) is 4.74 Å². The van der Waals surface area contributed by atoms with Crippen molar-refractivity contribution in [3.8, 4) is 5.75 Å². The van der Waals surface area contributed by atoms with Crippen molar-refractivity contribution in [2.24, 2.45) is 0 Å². The van der Waals surface area contributed by atoms with Crippen molar-refractivity contribution in [3.05, 3.63) is 54.2 Å². The van der Waals surface area contributed by atoms with Crippen LogP contribution >= 0.6 is 24.8 Å². The second-order valence-corrected chi connectivity index (χ2v) is 6.67. The van der Waals surface area contributed by atoms with Gasteiger partial charge in [0.05, 0.1) is 6.04 Å². The minimum absolute atomic E-state index is 0. The summed E-state index contributed by atoms with van der Waals surface area (Å²) in [7, 11) is 0. The molecule has 0 aliphatic carbocycles. The van der Waals surface area contributed by atoms with E-state index >= 15 is 0 Å². The molecule has 4 rings (SSSR count). The van der Waals surface area contributed by atoms with Crippen LogP contribution in [-0.2, 0) is 4.79 Å². The highest BCUT2D eigenvalue weighted by molar-refractivity contribution is 5.97. The quantitative estimate of drug-likeness (QED) is 0.768. The van der Waals surface area contributed by atoms with Crippen LogP contribution in [0.25, 0.3) is 0 Å². The van der Waals surface area contributed by atoms with Gasteiger partial charge in [0.15, 0.2) is 18.2 Å². The second-order valence-electron chi connectivity index (χ2n) is 6.67. The van der Waals surface area contributed by atoms with E-state index in [0.717, 1.165) is 25.2 Å². The number of halogens is 2. The van der Waals surface area contributed by atoms with Gasteiger partial charge in [-0.15, -0.1) is 24.8 Å². The molecule has 0 radical (unpaired) electrons. The number of aromatic nitrogens is 1. The Morgan fingerprint density at radius 3 is 2.48 bits per heavy atom. The maximum absolute atomic E-state index is 12.8. The number of ether oxygens (including phenoxy) is 1. The van der Waals surface area contributed by atoms with Gasteiger partial charge in [-0.25, -0.2) is 4.98 Å². The average Bonchev–Trinajstić information content (AvgIpc) is 2.68. The second kappa shape index (κ2) is 9.93. The van der Waals surface area contributed by atoms with Crippen LogP contribution in [0, 0.1) is 0 Å². The van der Waals surface area contributed by atoms with Gasteiger partial charge in [0, 0.05) is 12.7 Å². The number of hydrogen-bond acceptors (Lipinski definition) is 4. The van der Waals surface area contributed by atoms with Crippen LogP contribution in [0.4, 0.5) is 5.82 Å². The predicted octanol–water partition coefficient (Wildman–Crippen LogP) is 3.88. The van der Waals surface area contributed by atoms with Crippen molar-refractivity contribution in [2.75, 3.05) is 31.1 Å². The lowest BCUT2D eigenvalue weighted by Crippen LogP contribution is -2.47. The molecule has 1 atom stereocenters. The molecule has 5 nitrogen and oxygen atoms in total. The largest absolute Gasteiger partial charge is 0.480 e. The first-order chi connectivity index (χ1) is 12.3. The van der Waals surface area contributed by atoms with Gasteiger partial charge in [-0.3, -0.25) is 9.69 Å². The molecule has 1 saturated heterocycles. The number of amides is 1. The smallest absolute Gasteiger partial charge is 0.266 e. The zero-order chi connectivity index (χ0) is 17.1. The molecule has 1 amide bonds. The first kappa shape index (κ1) is 21.5. The lowest BCUT2D eigenvalue weighted by Gasteiger charge is -2.38. The Bertz CT molecular complexity index is 739. The highest BCUT2D eigenvalue weighted by atomic mass is 35.5. The van der Waals surface area contributed by atoms with Crippen molar-refractivity contribution < 1.29 is 9.53 Å². The fourth-order valence-electron chi connectivity index (χ4n) is 3.72. The van der Waals surface area contributed by atoms with E-state index in [2.05, 4.69) is 22.0 Å². The van der Waals surface area contributed by atoms with Gasteiger partial charge in [-0.2, -0.15) is 0 Å². The summed E-state index contributed by atoms with van der Waals surface area (Å²) in [5.41, 5.74) is 1.14. The van der Waals surface area contributed by atoms with E-state index in [0.29, 0.717) is 11.6 Å². The maximum Gasteiger partial charge on any atom is 0.266 e. The molecule has 27 heavy (non-hydrogen) atoms. The maximum atomic E-state index is 12.8. The van der Waals surface area contributed by atoms with Crippen LogP contribution in [0.2, 0.25) is 0 Å². The van der Waals surface area contributed by atoms with Gasteiger partial charge in [-0.05, 0) is 43.6 Å². The molecule has 2 aliphatic rings. The molecule has 0 bridgehead atoms.